The minimum atomic E-state index is -1.15. The lowest BCUT2D eigenvalue weighted by Crippen LogP contribution is -2.46. The summed E-state index contributed by atoms with van der Waals surface area (Å²) in [5.41, 5.74) is 6.12. The zero-order valence-corrected chi connectivity index (χ0v) is 36.3. The van der Waals surface area contributed by atoms with E-state index in [1.165, 1.54) is 17.6 Å². The highest BCUT2D eigenvalue weighted by atomic mass is 16.5. The number of Topliss-reactive ketones (excluding diaryl/α,β-unsaturated/α-hetero) is 2. The number of ether oxygens (including phenoxy) is 3. The molecule has 4 aromatic carbocycles. The van der Waals surface area contributed by atoms with Gasteiger partial charge in [-0.05, 0) is 77.8 Å². The van der Waals surface area contributed by atoms with Crippen LogP contribution in [0.25, 0.3) is 22.3 Å². The average molecular weight is 833 g/mol. The molecule has 0 saturated heterocycles. The molecular formula is C50H60N2O9. The number of aliphatic hydroxyl groups is 1. The van der Waals surface area contributed by atoms with Gasteiger partial charge < -0.3 is 29.5 Å². The normalized spacial score (nSPS) is 17.1. The fraction of sp³-hybridized carbons (Fsp3) is 0.420. The smallest absolute Gasteiger partial charge is 0.328 e. The van der Waals surface area contributed by atoms with Crippen LogP contribution >= 0.6 is 0 Å². The third kappa shape index (κ3) is 11.7. The lowest BCUT2D eigenvalue weighted by atomic mass is 9.88. The number of amides is 2. The first kappa shape index (κ1) is 46.3. The number of nitrogens with one attached hydrogen (secondary N) is 1. The van der Waals surface area contributed by atoms with E-state index >= 15 is 0 Å². The molecule has 61 heavy (non-hydrogen) atoms. The number of methoxy groups -OCH3 is 1. The van der Waals surface area contributed by atoms with E-state index in [1.54, 1.807) is 56.4 Å². The van der Waals surface area contributed by atoms with Crippen LogP contribution in [0.5, 0.6) is 11.5 Å². The van der Waals surface area contributed by atoms with Gasteiger partial charge in [0.25, 0.3) is 0 Å². The van der Waals surface area contributed by atoms with Gasteiger partial charge in [-0.2, -0.15) is 0 Å². The van der Waals surface area contributed by atoms with Crippen LogP contribution in [0.1, 0.15) is 99.3 Å². The number of unbranched alkanes of at least 4 members (excludes halogenated alkanes) is 1. The summed E-state index contributed by atoms with van der Waals surface area (Å²) in [6, 6.07) is 24.3. The predicted octanol–water partition coefficient (Wildman–Crippen LogP) is 8.13. The second kappa shape index (κ2) is 22.2. The topological polar surface area (TPSA) is 149 Å². The van der Waals surface area contributed by atoms with E-state index in [4.69, 9.17) is 14.2 Å². The molecule has 5 rings (SSSR count). The number of carbonyl (C=O) groups excluding carboxylic acids is 5. The highest BCUT2D eigenvalue weighted by Crippen LogP contribution is 2.41. The van der Waals surface area contributed by atoms with Crippen LogP contribution in [0.4, 0.5) is 0 Å². The van der Waals surface area contributed by atoms with Crippen molar-refractivity contribution in [2.75, 3.05) is 34.0 Å². The Labute approximate surface area is 359 Å². The molecule has 1 aliphatic heterocycles. The van der Waals surface area contributed by atoms with Crippen LogP contribution in [0, 0.1) is 11.8 Å². The van der Waals surface area contributed by atoms with Gasteiger partial charge in [-0.15, -0.1) is 0 Å². The van der Waals surface area contributed by atoms with Crippen LogP contribution in [-0.2, 0) is 36.8 Å². The molecule has 11 heteroatoms. The maximum Gasteiger partial charge on any atom is 0.328 e. The summed E-state index contributed by atoms with van der Waals surface area (Å²) in [7, 11) is 2.80. The van der Waals surface area contributed by atoms with E-state index < -0.39 is 41.6 Å². The van der Waals surface area contributed by atoms with Crippen molar-refractivity contribution >= 4 is 29.4 Å². The monoisotopic (exact) mass is 832 g/mol. The van der Waals surface area contributed by atoms with Crippen molar-refractivity contribution < 1.29 is 43.3 Å². The van der Waals surface area contributed by atoms with E-state index in [1.807, 2.05) is 32.0 Å². The minimum Gasteiger partial charge on any atom is -0.493 e. The van der Waals surface area contributed by atoms with Crippen molar-refractivity contribution in [2.45, 2.75) is 91.1 Å². The zero-order chi connectivity index (χ0) is 44.1. The molecule has 1 aliphatic rings. The first-order valence-corrected chi connectivity index (χ1v) is 21.5. The second-order valence-corrected chi connectivity index (χ2v) is 15.8. The van der Waals surface area contributed by atoms with E-state index in [0.717, 1.165) is 36.8 Å². The minimum absolute atomic E-state index is 0.00250. The summed E-state index contributed by atoms with van der Waals surface area (Å²) in [6.45, 7) is 7.77. The number of hydrogen-bond acceptors (Lipinski definition) is 9. The number of rotatable bonds is 17. The number of likely N-dealkylation sites (N-methyl/N-ethyl adjacent to an activating group) is 1. The molecule has 4 aromatic rings. The van der Waals surface area contributed by atoms with Crippen molar-refractivity contribution in [2.24, 2.45) is 11.8 Å². The Morgan fingerprint density at radius 3 is 2.08 bits per heavy atom. The number of aliphatic hydroxyl groups excluding tert-OH is 1. The first-order valence-electron chi connectivity index (χ1n) is 21.5. The molecule has 4 bridgehead atoms. The summed E-state index contributed by atoms with van der Waals surface area (Å²) >= 11 is 0. The van der Waals surface area contributed by atoms with E-state index in [9.17, 15) is 29.1 Å². The number of hydrogen-bond donors (Lipinski definition) is 2. The number of carbonyl (C=O) groups is 5. The van der Waals surface area contributed by atoms with Crippen molar-refractivity contribution in [3.8, 4) is 33.8 Å². The van der Waals surface area contributed by atoms with Gasteiger partial charge in [0.15, 0.2) is 11.6 Å². The predicted molar refractivity (Wildman–Crippen MR) is 235 cm³/mol. The summed E-state index contributed by atoms with van der Waals surface area (Å²) in [5, 5.41) is 12.4. The summed E-state index contributed by atoms with van der Waals surface area (Å²) in [6.07, 6.45) is 4.17. The van der Waals surface area contributed by atoms with Crippen LogP contribution in [0.2, 0.25) is 0 Å². The van der Waals surface area contributed by atoms with Gasteiger partial charge in [-0.1, -0.05) is 94.8 Å². The molecule has 0 radical (unpaired) electrons. The van der Waals surface area contributed by atoms with Crippen molar-refractivity contribution in [3.63, 3.8) is 0 Å². The zero-order valence-electron chi connectivity index (χ0n) is 36.3. The molecule has 4 atom stereocenters. The van der Waals surface area contributed by atoms with Crippen LogP contribution in [0.3, 0.4) is 0 Å². The van der Waals surface area contributed by atoms with E-state index in [0.29, 0.717) is 52.3 Å². The second-order valence-electron chi connectivity index (χ2n) is 15.8. The fourth-order valence-electron chi connectivity index (χ4n) is 7.74. The van der Waals surface area contributed by atoms with Gasteiger partial charge >= 0.3 is 5.97 Å². The molecule has 0 spiro atoms. The Balaban J connectivity index is 1.50. The van der Waals surface area contributed by atoms with Gasteiger partial charge in [-0.3, -0.25) is 19.2 Å². The quantitative estimate of drug-likeness (QED) is 0.0795. The summed E-state index contributed by atoms with van der Waals surface area (Å²) < 4.78 is 17.3. The van der Waals surface area contributed by atoms with Crippen molar-refractivity contribution in [1.82, 2.24) is 10.2 Å². The largest absolute Gasteiger partial charge is 0.493 e. The molecular weight excluding hydrogens is 773 g/mol. The molecule has 2 N–H and O–H groups in total. The number of esters is 1. The molecule has 2 amide bonds. The maximum atomic E-state index is 14.6. The first-order chi connectivity index (χ1) is 29.4. The highest BCUT2D eigenvalue weighted by molar-refractivity contribution is 6.00. The summed E-state index contributed by atoms with van der Waals surface area (Å²) in [5.74, 6) is -2.84. The molecule has 1 heterocycles. The molecule has 0 saturated carbocycles. The van der Waals surface area contributed by atoms with Gasteiger partial charge in [0.2, 0.25) is 11.8 Å². The van der Waals surface area contributed by atoms with Gasteiger partial charge in [0.05, 0.1) is 20.3 Å². The SMILES string of the molecule is CCCCc1ccc(-c2ccc(C(=O)C[C@@H](CC)C(=O)N(C)[C@@H]3C(=O)C[C@@H](C)C(=O)N[C@H](C(=O)OC)Cc4ccc(OCCO)c(c4)-c4cc3ccc4OCCC)cc2)cc1. The standard InChI is InChI=1S/C50H60N2O9/c1-7-10-11-33-12-15-36(16-13-33)37-17-19-38(20-18-37)43(54)31-35(9-3)49(57)52(5)47-39-21-23-46(60-25-8-2)41(30-39)40-28-34(14-22-45(40)61-26-24-53)29-42(50(58)59-6)51-48(56)32(4)27-44(47)55/h12-23,28,30,32,35,42,47,53H,7-11,24-27,29,31H2,1-6H3,(H,51,56)/t32-,35-,42+,47+/m1/s1. The third-order valence-electron chi connectivity index (χ3n) is 11.3. The van der Waals surface area contributed by atoms with E-state index in [-0.39, 0.29) is 44.2 Å². The number of fused-ring (bicyclic) bond motifs is 5. The lowest BCUT2D eigenvalue weighted by molar-refractivity contribution is -0.146. The fourth-order valence-corrected chi connectivity index (χ4v) is 7.74. The molecule has 0 aliphatic carbocycles. The summed E-state index contributed by atoms with van der Waals surface area (Å²) in [4.78, 5) is 70.8. The highest BCUT2D eigenvalue weighted by Gasteiger charge is 2.36. The average Bonchev–Trinajstić information content (AvgIpc) is 3.28. The van der Waals surface area contributed by atoms with Crippen molar-refractivity contribution in [1.29, 1.82) is 0 Å². The Kier molecular flexibility index (Phi) is 16.8. The number of aryl methyl sites for hydroxylation is 1. The van der Waals surface area contributed by atoms with Gasteiger partial charge in [-0.25, -0.2) is 4.79 Å². The Bertz CT molecular complexity index is 2150. The molecule has 324 valence electrons. The Morgan fingerprint density at radius 1 is 0.820 bits per heavy atom. The van der Waals surface area contributed by atoms with Gasteiger partial charge in [0.1, 0.15) is 30.2 Å². The molecule has 11 nitrogen and oxygen atoms in total. The molecule has 0 fully saturated rings. The number of ketones is 2. The van der Waals surface area contributed by atoms with Crippen molar-refractivity contribution in [3.05, 3.63) is 107 Å². The Morgan fingerprint density at radius 2 is 1.46 bits per heavy atom. The van der Waals surface area contributed by atoms with Gasteiger partial charge in [0, 0.05) is 54.8 Å². The Hall–Kier alpha value is -5.81. The lowest BCUT2D eigenvalue weighted by Gasteiger charge is -2.32. The van der Waals surface area contributed by atoms with Crippen LogP contribution in [-0.4, -0.2) is 79.4 Å². The number of benzene rings is 4. The third-order valence-corrected chi connectivity index (χ3v) is 11.3. The molecule has 0 aromatic heterocycles. The van der Waals surface area contributed by atoms with Crippen LogP contribution < -0.4 is 14.8 Å². The van der Waals surface area contributed by atoms with E-state index in [2.05, 4.69) is 36.5 Å². The van der Waals surface area contributed by atoms with Crippen LogP contribution in [0.15, 0.2) is 84.9 Å². The maximum absolute atomic E-state index is 14.6. The number of nitrogens with zero attached hydrogens (tertiary/aromatic N) is 1. The molecule has 0 unspecified atom stereocenters.